The lowest BCUT2D eigenvalue weighted by Crippen LogP contribution is -2.63. The average Bonchev–Trinajstić information content (AvgIpc) is 3.75. The lowest BCUT2D eigenvalue weighted by atomic mass is 9.94. The zero-order valence-corrected chi connectivity index (χ0v) is 37.1. The van der Waals surface area contributed by atoms with Gasteiger partial charge in [0.2, 0.25) is 35.4 Å². The molecule has 68 heavy (non-hydrogen) atoms. The molecular formula is C41H60FN13O13. The number of benzene rings is 1. The zero-order valence-electron chi connectivity index (χ0n) is 37.1. The number of nitrogens with zero attached hydrogens (tertiary/aromatic N) is 4. The SMILES string of the molecule is NC(N)=NCCC[C@@H]1NC(=O)[C@H](CCCCNC(=O)C2O[C@H](CNC(=O)Cn3cc(CCCF)nn3)[C@@H](O)[C@H](O)[C@H]2O)NC(=O)[C@@H](Cc2ccccc2)NC(=O)[C@H](CC(=O)O)NC(=O)CNC1=O. The maximum atomic E-state index is 14.0. The van der Waals surface area contributed by atoms with Crippen molar-refractivity contribution in [1.82, 2.24) is 52.2 Å². The highest BCUT2D eigenvalue weighted by atomic mass is 19.1. The van der Waals surface area contributed by atoms with E-state index < -0.39 is 122 Å². The highest BCUT2D eigenvalue weighted by Gasteiger charge is 2.46. The van der Waals surface area contributed by atoms with E-state index >= 15 is 0 Å². The molecule has 374 valence electrons. The van der Waals surface area contributed by atoms with E-state index in [4.69, 9.17) is 16.2 Å². The number of aliphatic carboxylic acids is 1. The number of rotatable bonds is 21. The first-order chi connectivity index (χ1) is 32.4. The number of carbonyl (C=O) groups excluding carboxylic acids is 7. The van der Waals surface area contributed by atoms with E-state index in [2.05, 4.69) is 52.5 Å². The number of unbranched alkanes of at least 4 members (excludes halogenated alkanes) is 1. The van der Waals surface area contributed by atoms with Crippen LogP contribution in [0.5, 0.6) is 0 Å². The van der Waals surface area contributed by atoms with Gasteiger partial charge in [-0.15, -0.1) is 5.10 Å². The van der Waals surface area contributed by atoms with Crippen molar-refractivity contribution in [1.29, 1.82) is 0 Å². The number of nitrogens with one attached hydrogen (secondary N) is 7. The molecule has 2 aliphatic heterocycles. The molecule has 15 N–H and O–H groups in total. The number of halogens is 1. The van der Waals surface area contributed by atoms with Crippen molar-refractivity contribution in [3.63, 3.8) is 0 Å². The molecule has 0 spiro atoms. The van der Waals surface area contributed by atoms with Gasteiger partial charge in [-0.05, 0) is 50.5 Å². The van der Waals surface area contributed by atoms with Crippen LogP contribution in [0.3, 0.4) is 0 Å². The Bertz CT molecular complexity index is 2080. The number of aliphatic hydroxyl groups is 3. The fraction of sp³-hybridized carbons (Fsp3) is 0.585. The van der Waals surface area contributed by atoms with E-state index in [1.54, 1.807) is 30.3 Å². The minimum absolute atomic E-state index is 0.0394. The van der Waals surface area contributed by atoms with Crippen LogP contribution < -0.4 is 48.7 Å². The molecule has 9 atom stereocenters. The molecule has 2 fully saturated rings. The number of nitrogens with two attached hydrogens (primary N) is 2. The van der Waals surface area contributed by atoms with Crippen LogP contribution in [0.15, 0.2) is 41.5 Å². The van der Waals surface area contributed by atoms with E-state index in [0.29, 0.717) is 17.7 Å². The molecule has 4 rings (SSSR count). The number of alkyl halides is 1. The summed E-state index contributed by atoms with van der Waals surface area (Å²) >= 11 is 0. The van der Waals surface area contributed by atoms with Gasteiger partial charge in [0.05, 0.1) is 25.3 Å². The van der Waals surface area contributed by atoms with Gasteiger partial charge in [0.25, 0.3) is 5.91 Å². The van der Waals surface area contributed by atoms with Crippen molar-refractivity contribution >= 4 is 53.3 Å². The summed E-state index contributed by atoms with van der Waals surface area (Å²) in [5.41, 5.74) is 11.9. The van der Waals surface area contributed by atoms with E-state index in [-0.39, 0.29) is 77.1 Å². The van der Waals surface area contributed by atoms with Crippen LogP contribution in [0.1, 0.15) is 56.2 Å². The molecule has 2 aromatic rings. The Kier molecular flexibility index (Phi) is 21.4. The number of hydrogen-bond donors (Lipinski definition) is 13. The third-order valence-corrected chi connectivity index (χ3v) is 10.7. The Labute approximate surface area is 388 Å². The van der Waals surface area contributed by atoms with Crippen LogP contribution in [-0.2, 0) is 62.5 Å². The molecule has 3 heterocycles. The summed E-state index contributed by atoms with van der Waals surface area (Å²) in [6, 6.07) is 2.70. The molecule has 1 aromatic carbocycles. The van der Waals surface area contributed by atoms with Gasteiger partial charge in [-0.1, -0.05) is 35.5 Å². The second kappa shape index (κ2) is 27.1. The Balaban J connectivity index is 1.45. The molecule has 0 aliphatic carbocycles. The Morgan fingerprint density at radius 2 is 1.49 bits per heavy atom. The van der Waals surface area contributed by atoms with Gasteiger partial charge < -0.3 is 73.8 Å². The summed E-state index contributed by atoms with van der Waals surface area (Å²) in [4.78, 5) is 109. The summed E-state index contributed by atoms with van der Waals surface area (Å²) in [7, 11) is 0. The van der Waals surface area contributed by atoms with Crippen LogP contribution >= 0.6 is 0 Å². The first-order valence-corrected chi connectivity index (χ1v) is 21.9. The molecule has 2 saturated heterocycles. The first-order valence-electron chi connectivity index (χ1n) is 21.9. The fourth-order valence-corrected chi connectivity index (χ4v) is 7.15. The number of aliphatic imine (C=N–C) groups is 1. The minimum atomic E-state index is -1.87. The van der Waals surface area contributed by atoms with Gasteiger partial charge in [0.1, 0.15) is 55.1 Å². The number of aryl methyl sites for hydroxylation is 1. The van der Waals surface area contributed by atoms with Crippen molar-refractivity contribution in [2.45, 2.75) is 119 Å². The summed E-state index contributed by atoms with van der Waals surface area (Å²) in [5, 5.41) is 66.4. The number of aliphatic hydroxyl groups excluding tert-OH is 3. The van der Waals surface area contributed by atoms with Gasteiger partial charge >= 0.3 is 5.97 Å². The summed E-state index contributed by atoms with van der Waals surface area (Å²) < 4.78 is 19.3. The van der Waals surface area contributed by atoms with Crippen LogP contribution in [0.2, 0.25) is 0 Å². The largest absolute Gasteiger partial charge is 0.481 e. The fourth-order valence-electron chi connectivity index (χ4n) is 7.15. The molecule has 27 heteroatoms. The van der Waals surface area contributed by atoms with Crippen LogP contribution in [-0.4, -0.2) is 176 Å². The van der Waals surface area contributed by atoms with Crippen molar-refractivity contribution in [3.05, 3.63) is 47.8 Å². The quantitative estimate of drug-likeness (QED) is 0.0315. The second-order valence-corrected chi connectivity index (χ2v) is 16.1. The van der Waals surface area contributed by atoms with Gasteiger partial charge in [-0.25, -0.2) is 4.68 Å². The highest BCUT2D eigenvalue weighted by molar-refractivity contribution is 5.98. The van der Waals surface area contributed by atoms with E-state index in [0.717, 1.165) is 0 Å². The number of carboxylic acids is 1. The lowest BCUT2D eigenvalue weighted by molar-refractivity contribution is -0.219. The first kappa shape index (κ1) is 53.8. The van der Waals surface area contributed by atoms with Gasteiger partial charge in [-0.2, -0.15) is 0 Å². The Morgan fingerprint density at radius 1 is 0.824 bits per heavy atom. The predicted octanol–water partition coefficient (Wildman–Crippen LogP) is -5.73. The number of ether oxygens (including phenoxy) is 1. The third kappa shape index (κ3) is 17.4. The van der Waals surface area contributed by atoms with Crippen LogP contribution in [0, 0.1) is 0 Å². The number of carbonyl (C=O) groups is 8. The average molecular weight is 962 g/mol. The lowest BCUT2D eigenvalue weighted by Gasteiger charge is -2.40. The van der Waals surface area contributed by atoms with Crippen molar-refractivity contribution in [3.8, 4) is 0 Å². The Hall–Kier alpha value is -6.84. The molecule has 7 amide bonds. The Morgan fingerprint density at radius 3 is 2.18 bits per heavy atom. The number of hydrogen-bond acceptors (Lipinski definition) is 15. The normalized spacial score (nSPS) is 24.9. The predicted molar refractivity (Wildman–Crippen MR) is 234 cm³/mol. The zero-order chi connectivity index (χ0) is 49.8. The molecule has 0 saturated carbocycles. The number of guanidine groups is 1. The van der Waals surface area contributed by atoms with Gasteiger partial charge in [0, 0.05) is 32.3 Å². The monoisotopic (exact) mass is 961 g/mol. The number of carboxylic acid groups (broad SMARTS) is 1. The minimum Gasteiger partial charge on any atom is -0.481 e. The number of aromatic nitrogens is 3. The summed E-state index contributed by atoms with van der Waals surface area (Å²) in [5.74, 6) is -7.62. The van der Waals surface area contributed by atoms with Crippen LogP contribution in [0.4, 0.5) is 4.39 Å². The molecule has 26 nitrogen and oxygen atoms in total. The summed E-state index contributed by atoms with van der Waals surface area (Å²) in [6.07, 6.45) is -7.09. The summed E-state index contributed by atoms with van der Waals surface area (Å²) in [6.45, 7) is -1.94. The molecule has 1 unspecified atom stereocenters. The van der Waals surface area contributed by atoms with Gasteiger partial charge in [-0.3, -0.25) is 47.7 Å². The molecule has 0 bridgehead atoms. The van der Waals surface area contributed by atoms with Crippen molar-refractivity contribution in [2.24, 2.45) is 16.5 Å². The number of amides is 7. The molecule has 2 aliphatic rings. The second-order valence-electron chi connectivity index (χ2n) is 16.1. The van der Waals surface area contributed by atoms with E-state index in [9.17, 15) is 63.2 Å². The van der Waals surface area contributed by atoms with Crippen LogP contribution in [0.25, 0.3) is 0 Å². The molecule has 0 radical (unpaired) electrons. The third-order valence-electron chi connectivity index (χ3n) is 10.7. The highest BCUT2D eigenvalue weighted by Crippen LogP contribution is 2.21. The standard InChI is InChI=1S/C41H60FN13O13/c42-13-6-10-23-20-55(54-53-23)21-30(57)47-18-28-32(60)33(61)34(62)35(68-28)40(67)45-14-5-4-11-25-37(64)50-24(12-7-15-46-41(43)44)36(63)48-19-29(56)49-27(17-31(58)59)39(66)52-26(38(65)51-25)16-22-8-2-1-3-9-22/h1-3,8-9,20,24-28,32-35,60-62H,4-7,10-19,21H2,(H,45,67)(H,47,57)(H,48,63)(H,49,56)(H,50,64)(H,51,65)(H,52,66)(H,58,59)(H4,43,44,46)/t24-,25-,26+,27-,28+,32+,33-,34+,35?/m0/s1. The molecular weight excluding hydrogens is 902 g/mol. The maximum absolute atomic E-state index is 14.0. The van der Waals surface area contributed by atoms with E-state index in [1.807, 2.05) is 0 Å². The van der Waals surface area contributed by atoms with Crippen molar-refractivity contribution in [2.75, 3.05) is 32.9 Å². The molecule has 1 aromatic heterocycles. The van der Waals surface area contributed by atoms with E-state index in [1.165, 1.54) is 10.9 Å². The van der Waals surface area contributed by atoms with Gasteiger partial charge in [0.15, 0.2) is 12.1 Å². The topological polar surface area (TPSA) is 406 Å². The smallest absolute Gasteiger partial charge is 0.305 e. The maximum Gasteiger partial charge on any atom is 0.305 e. The van der Waals surface area contributed by atoms with Crippen molar-refractivity contribution < 1.29 is 67.9 Å².